The fraction of sp³-hybridized carbons (Fsp3) is 1.00. The van der Waals surface area contributed by atoms with Crippen molar-refractivity contribution in [1.29, 1.82) is 0 Å². The fourth-order valence-electron chi connectivity index (χ4n) is 2.12. The molecular weight excluding hydrogens is 166 g/mol. The Morgan fingerprint density at radius 3 is 2.15 bits per heavy atom. The first-order chi connectivity index (χ1) is 5.88. The highest BCUT2D eigenvalue weighted by molar-refractivity contribution is 4.97. The van der Waals surface area contributed by atoms with Crippen molar-refractivity contribution in [2.45, 2.75) is 57.9 Å². The van der Waals surface area contributed by atoms with Gasteiger partial charge in [-0.05, 0) is 27.2 Å². The lowest BCUT2D eigenvalue weighted by Crippen LogP contribution is -2.46. The van der Waals surface area contributed by atoms with Crippen molar-refractivity contribution in [1.82, 2.24) is 4.90 Å². The number of likely N-dealkylation sites (tertiary alicyclic amines) is 1. The topological polar surface area (TPSA) is 43.7 Å². The summed E-state index contributed by atoms with van der Waals surface area (Å²) in [5.41, 5.74) is 0.0269. The van der Waals surface area contributed by atoms with Crippen molar-refractivity contribution in [3.05, 3.63) is 0 Å². The first kappa shape index (κ1) is 11.0. The van der Waals surface area contributed by atoms with Gasteiger partial charge in [-0.3, -0.25) is 4.90 Å². The van der Waals surface area contributed by atoms with E-state index in [4.69, 9.17) is 0 Å². The summed E-state index contributed by atoms with van der Waals surface area (Å²) in [6.45, 7) is 8.97. The molecule has 0 saturated carbocycles. The Bertz CT molecular complexity index is 176. The lowest BCUT2D eigenvalue weighted by atomic mass is 10.0. The summed E-state index contributed by atoms with van der Waals surface area (Å²) in [5, 5.41) is 19.2. The van der Waals surface area contributed by atoms with Gasteiger partial charge in [0, 0.05) is 18.1 Å². The van der Waals surface area contributed by atoms with Crippen LogP contribution in [0.5, 0.6) is 0 Å². The van der Waals surface area contributed by atoms with Gasteiger partial charge < -0.3 is 10.2 Å². The van der Waals surface area contributed by atoms with Gasteiger partial charge in [0.05, 0.1) is 12.2 Å². The van der Waals surface area contributed by atoms with E-state index in [1.165, 1.54) is 0 Å². The second-order valence-corrected chi connectivity index (χ2v) is 4.86. The molecule has 3 nitrogen and oxygen atoms in total. The Morgan fingerprint density at radius 2 is 1.85 bits per heavy atom. The Balaban J connectivity index is 2.77. The molecule has 0 aromatic carbocycles. The fourth-order valence-corrected chi connectivity index (χ4v) is 2.12. The molecule has 0 spiro atoms. The molecule has 78 valence electrons. The SMILES string of the molecule is CC[C@@H]1[C@H](O)[C@@H](O)CN1C(C)(C)C. The van der Waals surface area contributed by atoms with Crippen molar-refractivity contribution >= 4 is 0 Å². The monoisotopic (exact) mass is 187 g/mol. The third-order valence-corrected chi connectivity index (χ3v) is 2.85. The molecule has 0 bridgehead atoms. The van der Waals surface area contributed by atoms with Gasteiger partial charge in [-0.25, -0.2) is 0 Å². The molecule has 0 unspecified atom stereocenters. The highest BCUT2D eigenvalue weighted by atomic mass is 16.3. The van der Waals surface area contributed by atoms with Crippen LogP contribution in [0, 0.1) is 0 Å². The Morgan fingerprint density at radius 1 is 1.31 bits per heavy atom. The summed E-state index contributed by atoms with van der Waals surface area (Å²) in [6.07, 6.45) is -0.274. The zero-order valence-electron chi connectivity index (χ0n) is 8.99. The first-order valence-electron chi connectivity index (χ1n) is 5.00. The van der Waals surface area contributed by atoms with Gasteiger partial charge in [0.15, 0.2) is 0 Å². The largest absolute Gasteiger partial charge is 0.389 e. The van der Waals surface area contributed by atoms with E-state index in [0.717, 1.165) is 6.42 Å². The van der Waals surface area contributed by atoms with Crippen LogP contribution in [0.15, 0.2) is 0 Å². The van der Waals surface area contributed by atoms with Crippen molar-refractivity contribution in [3.8, 4) is 0 Å². The molecular formula is C10H21NO2. The molecule has 1 fully saturated rings. The van der Waals surface area contributed by atoms with E-state index < -0.39 is 12.2 Å². The van der Waals surface area contributed by atoms with E-state index in [2.05, 4.69) is 25.7 Å². The number of hydrogen-bond donors (Lipinski definition) is 2. The van der Waals surface area contributed by atoms with Gasteiger partial charge >= 0.3 is 0 Å². The van der Waals surface area contributed by atoms with Gasteiger partial charge in [0.1, 0.15) is 0 Å². The number of hydrogen-bond acceptors (Lipinski definition) is 3. The molecule has 3 atom stereocenters. The van der Waals surface area contributed by atoms with E-state index in [9.17, 15) is 10.2 Å². The highest BCUT2D eigenvalue weighted by Crippen LogP contribution is 2.28. The van der Waals surface area contributed by atoms with Crippen LogP contribution in [0.3, 0.4) is 0 Å². The first-order valence-corrected chi connectivity index (χ1v) is 5.00. The van der Waals surface area contributed by atoms with Crippen molar-refractivity contribution in [3.63, 3.8) is 0 Å². The molecule has 0 amide bonds. The lowest BCUT2D eigenvalue weighted by Gasteiger charge is -2.36. The molecule has 13 heavy (non-hydrogen) atoms. The van der Waals surface area contributed by atoms with Gasteiger partial charge in [0.25, 0.3) is 0 Å². The Kier molecular flexibility index (Phi) is 3.00. The second kappa shape index (κ2) is 3.56. The quantitative estimate of drug-likeness (QED) is 0.632. The minimum atomic E-state index is -0.579. The van der Waals surface area contributed by atoms with Crippen molar-refractivity contribution in [2.75, 3.05) is 6.54 Å². The maximum absolute atomic E-state index is 9.70. The third-order valence-electron chi connectivity index (χ3n) is 2.85. The second-order valence-electron chi connectivity index (χ2n) is 4.86. The van der Waals surface area contributed by atoms with Crippen molar-refractivity contribution in [2.24, 2.45) is 0 Å². The predicted octanol–water partition coefficient (Wildman–Crippen LogP) is 0.601. The van der Waals surface area contributed by atoms with Crippen LogP contribution in [0.4, 0.5) is 0 Å². The highest BCUT2D eigenvalue weighted by Gasteiger charge is 2.42. The van der Waals surface area contributed by atoms with Crippen LogP contribution in [0.25, 0.3) is 0 Å². The zero-order valence-corrected chi connectivity index (χ0v) is 8.99. The molecule has 0 aromatic heterocycles. The Hall–Kier alpha value is -0.120. The summed E-state index contributed by atoms with van der Waals surface area (Å²) < 4.78 is 0. The zero-order chi connectivity index (χ0) is 10.2. The molecule has 0 radical (unpaired) electrons. The molecule has 1 saturated heterocycles. The number of nitrogens with zero attached hydrogens (tertiary/aromatic N) is 1. The van der Waals surface area contributed by atoms with E-state index >= 15 is 0 Å². The van der Waals surface area contributed by atoms with Gasteiger partial charge in [-0.1, -0.05) is 6.92 Å². The van der Waals surface area contributed by atoms with Crippen LogP contribution in [0.1, 0.15) is 34.1 Å². The molecule has 1 aliphatic heterocycles. The van der Waals surface area contributed by atoms with Crippen molar-refractivity contribution < 1.29 is 10.2 Å². The van der Waals surface area contributed by atoms with Crippen LogP contribution >= 0.6 is 0 Å². The van der Waals surface area contributed by atoms with E-state index in [0.29, 0.717) is 6.54 Å². The van der Waals surface area contributed by atoms with Crippen LogP contribution in [0.2, 0.25) is 0 Å². The van der Waals surface area contributed by atoms with Crippen LogP contribution < -0.4 is 0 Å². The molecule has 0 aromatic rings. The van der Waals surface area contributed by atoms with E-state index in [1.54, 1.807) is 0 Å². The van der Waals surface area contributed by atoms with Gasteiger partial charge in [-0.15, -0.1) is 0 Å². The average molecular weight is 187 g/mol. The standard InChI is InChI=1S/C10H21NO2/c1-5-7-9(13)8(12)6-11(7)10(2,3)4/h7-9,12-13H,5-6H2,1-4H3/t7-,8+,9+/m1/s1. The molecule has 2 N–H and O–H groups in total. The summed E-state index contributed by atoms with van der Waals surface area (Å²) in [7, 11) is 0. The maximum atomic E-state index is 9.70. The number of aliphatic hydroxyl groups excluding tert-OH is 2. The molecule has 1 rings (SSSR count). The summed E-state index contributed by atoms with van der Waals surface area (Å²) >= 11 is 0. The lowest BCUT2D eigenvalue weighted by molar-refractivity contribution is 0.0303. The average Bonchev–Trinajstić information content (AvgIpc) is 2.28. The van der Waals surface area contributed by atoms with Crippen LogP contribution in [-0.2, 0) is 0 Å². The molecule has 1 heterocycles. The number of β-amino-alcohol motifs (C(OH)–C–C–N with tert-alkyl or cyclic N) is 1. The maximum Gasteiger partial charge on any atom is 0.0966 e. The van der Waals surface area contributed by atoms with E-state index in [1.807, 2.05) is 6.92 Å². The summed E-state index contributed by atoms with van der Waals surface area (Å²) in [4.78, 5) is 2.18. The number of rotatable bonds is 1. The van der Waals surface area contributed by atoms with E-state index in [-0.39, 0.29) is 11.6 Å². The molecule has 1 aliphatic rings. The Labute approximate surface area is 80.4 Å². The third kappa shape index (κ3) is 2.03. The smallest absolute Gasteiger partial charge is 0.0966 e. The number of aliphatic hydroxyl groups is 2. The van der Waals surface area contributed by atoms with Gasteiger partial charge in [-0.2, -0.15) is 0 Å². The predicted molar refractivity (Wildman–Crippen MR) is 52.6 cm³/mol. The van der Waals surface area contributed by atoms with Crippen LogP contribution in [-0.4, -0.2) is 45.4 Å². The minimum absolute atomic E-state index is 0.0269. The minimum Gasteiger partial charge on any atom is -0.389 e. The molecule has 0 aliphatic carbocycles. The van der Waals surface area contributed by atoms with Gasteiger partial charge in [0.2, 0.25) is 0 Å². The summed E-state index contributed by atoms with van der Waals surface area (Å²) in [6, 6.07) is 0.106. The normalized spacial score (nSPS) is 36.9. The summed E-state index contributed by atoms with van der Waals surface area (Å²) in [5.74, 6) is 0. The molecule has 3 heteroatoms.